The highest BCUT2D eigenvalue weighted by Crippen LogP contribution is 2.24. The number of nitrogens with one attached hydrogen (secondary N) is 1. The molecule has 0 saturated carbocycles. The van der Waals surface area contributed by atoms with Gasteiger partial charge < -0.3 is 14.6 Å². The van der Waals surface area contributed by atoms with Crippen LogP contribution in [-0.4, -0.2) is 39.4 Å². The van der Waals surface area contributed by atoms with Crippen LogP contribution in [0.3, 0.4) is 0 Å². The van der Waals surface area contributed by atoms with Gasteiger partial charge in [0.25, 0.3) is 5.91 Å². The normalized spacial score (nSPS) is 11.9. The summed E-state index contributed by atoms with van der Waals surface area (Å²) >= 11 is 3.22. The van der Waals surface area contributed by atoms with E-state index in [1.54, 1.807) is 41.2 Å². The van der Waals surface area contributed by atoms with Gasteiger partial charge in [0.2, 0.25) is 0 Å². The van der Waals surface area contributed by atoms with Crippen LogP contribution in [0.15, 0.2) is 53.4 Å². The zero-order valence-electron chi connectivity index (χ0n) is 14.5. The van der Waals surface area contributed by atoms with E-state index in [9.17, 15) is 14.0 Å². The maximum Gasteiger partial charge on any atom is 0.328 e. The van der Waals surface area contributed by atoms with Crippen LogP contribution in [0.2, 0.25) is 0 Å². The van der Waals surface area contributed by atoms with Crippen LogP contribution in [0.1, 0.15) is 17.3 Å². The van der Waals surface area contributed by atoms with Crippen molar-refractivity contribution in [1.82, 2.24) is 19.7 Å². The van der Waals surface area contributed by atoms with Crippen molar-refractivity contribution in [2.24, 2.45) is 0 Å². The number of carbonyl (C=O) groups is 2. The van der Waals surface area contributed by atoms with Gasteiger partial charge in [-0.1, -0.05) is 15.9 Å². The van der Waals surface area contributed by atoms with Crippen molar-refractivity contribution in [2.75, 3.05) is 7.11 Å². The first-order valence-electron chi connectivity index (χ1n) is 7.98. The molecule has 2 heterocycles. The first-order chi connectivity index (χ1) is 12.9. The molecule has 0 saturated heterocycles. The molecule has 2 aromatic heterocycles. The number of esters is 1. The molecular weight excluding hydrogens is 419 g/mol. The predicted molar refractivity (Wildman–Crippen MR) is 99.5 cm³/mol. The summed E-state index contributed by atoms with van der Waals surface area (Å²) < 4.78 is 22.7. The van der Waals surface area contributed by atoms with Gasteiger partial charge in [0.1, 0.15) is 23.1 Å². The van der Waals surface area contributed by atoms with Crippen LogP contribution in [0.5, 0.6) is 0 Å². The van der Waals surface area contributed by atoms with Gasteiger partial charge in [-0.15, -0.1) is 0 Å². The number of hydrogen-bond donors (Lipinski definition) is 1. The van der Waals surface area contributed by atoms with E-state index >= 15 is 0 Å². The second-order valence-corrected chi connectivity index (χ2v) is 6.61. The Bertz CT molecular complexity index is 985. The molecule has 0 aliphatic carbocycles. The number of methoxy groups -OCH3 is 1. The van der Waals surface area contributed by atoms with Crippen LogP contribution in [0.4, 0.5) is 4.39 Å². The fraction of sp³-hybridized carbons (Fsp3) is 0.167. The Hall–Kier alpha value is -2.94. The van der Waals surface area contributed by atoms with Crippen molar-refractivity contribution >= 4 is 27.8 Å². The summed E-state index contributed by atoms with van der Waals surface area (Å²) in [5.74, 6) is -1.26. The fourth-order valence-corrected chi connectivity index (χ4v) is 2.90. The van der Waals surface area contributed by atoms with Gasteiger partial charge in [0.15, 0.2) is 5.82 Å². The SMILES string of the molecule is COC(=O)C(C)NC(=O)c1cnn(-c2ccc(Br)cc2F)c1-n1cccc1. The average Bonchev–Trinajstić information content (AvgIpc) is 3.30. The maximum absolute atomic E-state index is 14.5. The molecule has 3 rings (SSSR count). The number of nitrogens with zero attached hydrogens (tertiary/aromatic N) is 3. The van der Waals surface area contributed by atoms with Gasteiger partial charge in [0, 0.05) is 16.9 Å². The average molecular weight is 435 g/mol. The third-order valence-corrected chi connectivity index (χ3v) is 4.37. The molecule has 140 valence electrons. The highest BCUT2D eigenvalue weighted by molar-refractivity contribution is 9.10. The van der Waals surface area contributed by atoms with E-state index in [1.165, 1.54) is 31.0 Å². The molecule has 1 aromatic carbocycles. The zero-order chi connectivity index (χ0) is 19.6. The van der Waals surface area contributed by atoms with E-state index in [-0.39, 0.29) is 11.3 Å². The number of hydrogen-bond acceptors (Lipinski definition) is 4. The highest BCUT2D eigenvalue weighted by Gasteiger charge is 2.24. The molecule has 1 N–H and O–H groups in total. The third-order valence-electron chi connectivity index (χ3n) is 3.88. The lowest BCUT2D eigenvalue weighted by Gasteiger charge is -2.14. The van der Waals surface area contributed by atoms with Crippen molar-refractivity contribution in [3.8, 4) is 11.5 Å². The first kappa shape index (κ1) is 18.8. The second-order valence-electron chi connectivity index (χ2n) is 5.70. The van der Waals surface area contributed by atoms with Crippen molar-refractivity contribution in [2.45, 2.75) is 13.0 Å². The van der Waals surface area contributed by atoms with Gasteiger partial charge in [-0.25, -0.2) is 13.9 Å². The van der Waals surface area contributed by atoms with Gasteiger partial charge in [-0.3, -0.25) is 4.79 Å². The van der Waals surface area contributed by atoms with Crippen molar-refractivity contribution in [1.29, 1.82) is 0 Å². The quantitative estimate of drug-likeness (QED) is 0.626. The first-order valence-corrected chi connectivity index (χ1v) is 8.77. The maximum atomic E-state index is 14.5. The van der Waals surface area contributed by atoms with E-state index in [2.05, 4.69) is 31.1 Å². The summed E-state index contributed by atoms with van der Waals surface area (Å²) in [4.78, 5) is 24.3. The van der Waals surface area contributed by atoms with Crippen LogP contribution in [0, 0.1) is 5.82 Å². The number of amides is 1. The lowest BCUT2D eigenvalue weighted by molar-refractivity contribution is -0.142. The Morgan fingerprint density at radius 3 is 2.63 bits per heavy atom. The summed E-state index contributed by atoms with van der Waals surface area (Å²) in [5, 5.41) is 6.75. The third kappa shape index (κ3) is 3.77. The molecule has 0 fully saturated rings. The fourth-order valence-electron chi connectivity index (χ4n) is 2.57. The van der Waals surface area contributed by atoms with Crippen molar-refractivity contribution in [3.05, 3.63) is 64.8 Å². The Kier molecular flexibility index (Phi) is 5.41. The van der Waals surface area contributed by atoms with E-state index < -0.39 is 23.7 Å². The molecule has 0 aliphatic rings. The number of aromatic nitrogens is 3. The molecular formula is C18H16BrFN4O3. The molecule has 0 spiro atoms. The molecule has 0 radical (unpaired) electrons. The number of halogens is 2. The Morgan fingerprint density at radius 2 is 2.00 bits per heavy atom. The van der Waals surface area contributed by atoms with Crippen molar-refractivity contribution < 1.29 is 18.7 Å². The molecule has 27 heavy (non-hydrogen) atoms. The standard InChI is InChI=1S/C18H16BrFN4O3/c1-11(18(26)27-2)22-16(25)13-10-21-24(17(13)23-7-3-4-8-23)15-6-5-12(19)9-14(15)20/h3-11H,1-2H3,(H,22,25). The topological polar surface area (TPSA) is 78.2 Å². The highest BCUT2D eigenvalue weighted by atomic mass is 79.9. The molecule has 1 unspecified atom stereocenters. The van der Waals surface area contributed by atoms with E-state index in [1.807, 2.05) is 0 Å². The van der Waals surface area contributed by atoms with E-state index in [0.29, 0.717) is 10.3 Å². The number of benzene rings is 1. The number of carbonyl (C=O) groups excluding carboxylic acids is 2. The molecule has 7 nitrogen and oxygen atoms in total. The van der Waals surface area contributed by atoms with Crippen molar-refractivity contribution in [3.63, 3.8) is 0 Å². The molecule has 9 heteroatoms. The van der Waals surface area contributed by atoms with E-state index in [4.69, 9.17) is 0 Å². The van der Waals surface area contributed by atoms with Gasteiger partial charge >= 0.3 is 5.97 Å². The molecule has 0 aliphatic heterocycles. The molecule has 1 amide bonds. The molecule has 3 aromatic rings. The van der Waals surface area contributed by atoms with Crippen LogP contribution in [0.25, 0.3) is 11.5 Å². The Labute approximate surface area is 162 Å². The Balaban J connectivity index is 2.07. The molecule has 0 bridgehead atoms. The minimum atomic E-state index is -0.840. The van der Waals surface area contributed by atoms with Gasteiger partial charge in [-0.2, -0.15) is 5.10 Å². The van der Waals surface area contributed by atoms with Crippen LogP contribution >= 0.6 is 15.9 Å². The lowest BCUT2D eigenvalue weighted by atomic mass is 10.2. The predicted octanol–water partition coefficient (Wildman–Crippen LogP) is 2.86. The summed E-state index contributed by atoms with van der Waals surface area (Å²) in [6.07, 6.45) is 4.76. The second kappa shape index (κ2) is 7.75. The lowest BCUT2D eigenvalue weighted by Crippen LogP contribution is -2.39. The van der Waals surface area contributed by atoms with Gasteiger partial charge in [-0.05, 0) is 37.3 Å². The summed E-state index contributed by atoms with van der Waals surface area (Å²) in [5.41, 5.74) is 0.367. The Morgan fingerprint density at radius 1 is 1.30 bits per heavy atom. The van der Waals surface area contributed by atoms with Gasteiger partial charge in [0.05, 0.1) is 13.3 Å². The smallest absolute Gasteiger partial charge is 0.328 e. The summed E-state index contributed by atoms with van der Waals surface area (Å²) in [6, 6.07) is 7.25. The minimum absolute atomic E-state index is 0.182. The summed E-state index contributed by atoms with van der Waals surface area (Å²) in [7, 11) is 1.24. The zero-order valence-corrected chi connectivity index (χ0v) is 16.1. The number of rotatable bonds is 5. The van der Waals surface area contributed by atoms with Crippen LogP contribution < -0.4 is 5.32 Å². The van der Waals surface area contributed by atoms with E-state index in [0.717, 1.165) is 0 Å². The monoisotopic (exact) mass is 434 g/mol. The number of ether oxygens (including phenoxy) is 1. The largest absolute Gasteiger partial charge is 0.467 e. The minimum Gasteiger partial charge on any atom is -0.467 e. The molecule has 1 atom stereocenters. The summed E-state index contributed by atoms with van der Waals surface area (Å²) in [6.45, 7) is 1.51. The van der Waals surface area contributed by atoms with Crippen LogP contribution in [-0.2, 0) is 9.53 Å².